The molecular formula is C19H21N5O. The van der Waals surface area contributed by atoms with Gasteiger partial charge in [-0.3, -0.25) is 4.79 Å². The third kappa shape index (κ3) is 4.03. The minimum atomic E-state index is -0.202. The molecule has 3 N–H and O–H groups in total. The molecule has 25 heavy (non-hydrogen) atoms. The second-order valence-electron chi connectivity index (χ2n) is 5.72. The highest BCUT2D eigenvalue weighted by atomic mass is 16.1. The number of hydrogen-bond donors (Lipinski definition) is 3. The number of aromatic nitrogens is 3. The molecule has 0 saturated carbocycles. The summed E-state index contributed by atoms with van der Waals surface area (Å²) in [6.07, 6.45) is 4.47. The number of amides is 1. The Bertz CT molecular complexity index is 900. The Morgan fingerprint density at radius 1 is 1.32 bits per heavy atom. The molecule has 0 unspecified atom stereocenters. The molecule has 0 atom stereocenters. The molecule has 6 heteroatoms. The van der Waals surface area contributed by atoms with Gasteiger partial charge in [-0.15, -0.1) is 6.58 Å². The van der Waals surface area contributed by atoms with Crippen LogP contribution in [-0.4, -0.2) is 33.9 Å². The summed E-state index contributed by atoms with van der Waals surface area (Å²) in [5.74, 6) is 0.969. The van der Waals surface area contributed by atoms with Crippen LogP contribution >= 0.6 is 0 Å². The zero-order chi connectivity index (χ0) is 17.6. The van der Waals surface area contributed by atoms with Crippen LogP contribution in [0.5, 0.6) is 0 Å². The molecule has 6 nitrogen and oxygen atoms in total. The van der Waals surface area contributed by atoms with Gasteiger partial charge in [0.05, 0.1) is 0 Å². The van der Waals surface area contributed by atoms with Crippen LogP contribution in [0, 0.1) is 6.92 Å². The van der Waals surface area contributed by atoms with Crippen LogP contribution in [0.2, 0.25) is 0 Å². The van der Waals surface area contributed by atoms with Crippen molar-refractivity contribution in [2.75, 3.05) is 18.4 Å². The van der Waals surface area contributed by atoms with Crippen LogP contribution in [0.3, 0.4) is 0 Å². The minimum Gasteiger partial charge on any atom is -0.366 e. The molecule has 2 aromatic heterocycles. The lowest BCUT2D eigenvalue weighted by Crippen LogP contribution is -2.27. The maximum Gasteiger partial charge on any atom is 0.270 e. The molecule has 3 aromatic rings. The Morgan fingerprint density at radius 2 is 2.16 bits per heavy atom. The fraction of sp³-hybridized carbons (Fsp3) is 0.211. The summed E-state index contributed by atoms with van der Waals surface area (Å²) in [6.45, 7) is 6.54. The molecular weight excluding hydrogens is 314 g/mol. The Morgan fingerprint density at radius 3 is 3.00 bits per heavy atom. The van der Waals surface area contributed by atoms with Gasteiger partial charge >= 0.3 is 0 Å². The van der Waals surface area contributed by atoms with Crippen molar-refractivity contribution in [3.63, 3.8) is 0 Å². The molecule has 1 amide bonds. The molecule has 0 bridgehead atoms. The molecule has 0 spiro atoms. The summed E-state index contributed by atoms with van der Waals surface area (Å²) in [7, 11) is 0. The number of benzene rings is 1. The average Bonchev–Trinajstić information content (AvgIpc) is 3.03. The summed E-state index contributed by atoms with van der Waals surface area (Å²) in [6, 6.07) is 9.78. The maximum atomic E-state index is 12.4. The van der Waals surface area contributed by atoms with E-state index in [9.17, 15) is 4.79 Å². The summed E-state index contributed by atoms with van der Waals surface area (Å²) >= 11 is 0. The number of anilines is 1. The number of carbonyl (C=O) groups is 1. The third-order valence-corrected chi connectivity index (χ3v) is 3.85. The molecule has 1 aromatic carbocycles. The average molecular weight is 335 g/mol. The SMILES string of the molecule is C=CCNc1cc(C(=O)NCCc2c[nH]c3ccccc23)nc(C)n1. The van der Waals surface area contributed by atoms with E-state index in [-0.39, 0.29) is 5.91 Å². The Kier molecular flexibility index (Phi) is 5.09. The largest absolute Gasteiger partial charge is 0.366 e. The van der Waals surface area contributed by atoms with Gasteiger partial charge in [0, 0.05) is 36.3 Å². The highest BCUT2D eigenvalue weighted by molar-refractivity contribution is 5.93. The quantitative estimate of drug-likeness (QED) is 0.580. The Balaban J connectivity index is 1.62. The minimum absolute atomic E-state index is 0.202. The topological polar surface area (TPSA) is 82.7 Å². The van der Waals surface area contributed by atoms with Crippen LogP contribution in [0.15, 0.2) is 49.2 Å². The Labute approximate surface area is 146 Å². The first-order chi connectivity index (χ1) is 12.2. The van der Waals surface area contributed by atoms with Gasteiger partial charge in [-0.05, 0) is 25.0 Å². The summed E-state index contributed by atoms with van der Waals surface area (Å²) in [5.41, 5.74) is 2.65. The van der Waals surface area contributed by atoms with Gasteiger partial charge in [0.1, 0.15) is 17.3 Å². The molecule has 0 aliphatic rings. The number of fused-ring (bicyclic) bond motifs is 1. The van der Waals surface area contributed by atoms with E-state index in [4.69, 9.17) is 0 Å². The van der Waals surface area contributed by atoms with Gasteiger partial charge in [-0.25, -0.2) is 9.97 Å². The van der Waals surface area contributed by atoms with E-state index in [1.165, 1.54) is 10.9 Å². The smallest absolute Gasteiger partial charge is 0.270 e. The van der Waals surface area contributed by atoms with Gasteiger partial charge in [0.25, 0.3) is 5.91 Å². The van der Waals surface area contributed by atoms with E-state index in [1.807, 2.05) is 24.4 Å². The highest BCUT2D eigenvalue weighted by Gasteiger charge is 2.10. The number of nitrogens with one attached hydrogen (secondary N) is 3. The molecule has 0 aliphatic heterocycles. The van der Waals surface area contributed by atoms with E-state index >= 15 is 0 Å². The monoisotopic (exact) mass is 335 g/mol. The van der Waals surface area contributed by atoms with Crippen molar-refractivity contribution in [1.82, 2.24) is 20.3 Å². The predicted molar refractivity (Wildman–Crippen MR) is 99.8 cm³/mol. The molecule has 3 rings (SSSR count). The van der Waals surface area contributed by atoms with Crippen molar-refractivity contribution in [3.05, 3.63) is 66.3 Å². The van der Waals surface area contributed by atoms with Crippen LogP contribution in [0.1, 0.15) is 21.9 Å². The van der Waals surface area contributed by atoms with E-state index in [0.717, 1.165) is 11.9 Å². The van der Waals surface area contributed by atoms with Gasteiger partial charge in [0.2, 0.25) is 0 Å². The first kappa shape index (κ1) is 16.7. The number of aryl methyl sites for hydroxylation is 1. The van der Waals surface area contributed by atoms with Gasteiger partial charge in [-0.2, -0.15) is 0 Å². The van der Waals surface area contributed by atoms with Crippen molar-refractivity contribution in [3.8, 4) is 0 Å². The highest BCUT2D eigenvalue weighted by Crippen LogP contribution is 2.17. The third-order valence-electron chi connectivity index (χ3n) is 3.85. The number of rotatable bonds is 7. The van der Waals surface area contributed by atoms with E-state index in [1.54, 1.807) is 19.1 Å². The zero-order valence-electron chi connectivity index (χ0n) is 14.2. The number of H-pyrrole nitrogens is 1. The van der Waals surface area contributed by atoms with Crippen molar-refractivity contribution in [2.24, 2.45) is 0 Å². The maximum absolute atomic E-state index is 12.4. The first-order valence-corrected chi connectivity index (χ1v) is 8.21. The first-order valence-electron chi connectivity index (χ1n) is 8.21. The van der Waals surface area contributed by atoms with Crippen LogP contribution in [0.25, 0.3) is 10.9 Å². The fourth-order valence-corrected chi connectivity index (χ4v) is 2.69. The lowest BCUT2D eigenvalue weighted by Gasteiger charge is -2.08. The van der Waals surface area contributed by atoms with E-state index in [2.05, 4.69) is 38.2 Å². The molecule has 2 heterocycles. The van der Waals surface area contributed by atoms with Gasteiger partial charge in [0.15, 0.2) is 0 Å². The van der Waals surface area contributed by atoms with Crippen molar-refractivity contribution in [1.29, 1.82) is 0 Å². The standard InChI is InChI=1S/C19H21N5O/c1-3-9-20-18-11-17(23-13(2)24-18)19(25)21-10-8-14-12-22-16-7-5-4-6-15(14)16/h3-7,11-12,22H,1,8-10H2,2H3,(H,21,25)(H,20,23,24). The summed E-state index contributed by atoms with van der Waals surface area (Å²) < 4.78 is 0. The lowest BCUT2D eigenvalue weighted by molar-refractivity contribution is 0.0949. The van der Waals surface area contributed by atoms with Crippen LogP contribution in [0.4, 0.5) is 5.82 Å². The van der Waals surface area contributed by atoms with Crippen LogP contribution in [-0.2, 0) is 6.42 Å². The molecule has 0 radical (unpaired) electrons. The Hall–Kier alpha value is -3.15. The zero-order valence-corrected chi connectivity index (χ0v) is 14.2. The predicted octanol–water partition coefficient (Wildman–Crippen LogP) is 2.84. The number of carbonyl (C=O) groups excluding carboxylic acids is 1. The van der Waals surface area contributed by atoms with Gasteiger partial charge < -0.3 is 15.6 Å². The van der Waals surface area contributed by atoms with Gasteiger partial charge in [-0.1, -0.05) is 24.3 Å². The summed E-state index contributed by atoms with van der Waals surface area (Å²) in [5, 5.41) is 7.18. The lowest BCUT2D eigenvalue weighted by atomic mass is 10.1. The number of aromatic amines is 1. The van der Waals surface area contributed by atoms with E-state index < -0.39 is 0 Å². The second-order valence-corrected chi connectivity index (χ2v) is 5.72. The molecule has 0 fully saturated rings. The molecule has 0 aliphatic carbocycles. The number of hydrogen-bond acceptors (Lipinski definition) is 4. The van der Waals surface area contributed by atoms with Crippen molar-refractivity contribution >= 4 is 22.6 Å². The van der Waals surface area contributed by atoms with Crippen LogP contribution < -0.4 is 10.6 Å². The molecule has 128 valence electrons. The van der Waals surface area contributed by atoms with Crippen molar-refractivity contribution in [2.45, 2.75) is 13.3 Å². The number of nitrogens with zero attached hydrogens (tertiary/aromatic N) is 2. The fourth-order valence-electron chi connectivity index (χ4n) is 2.69. The molecule has 0 saturated heterocycles. The van der Waals surface area contributed by atoms with E-state index in [0.29, 0.717) is 30.4 Å². The number of para-hydroxylation sites is 1. The second kappa shape index (κ2) is 7.61. The normalized spacial score (nSPS) is 10.6. The van der Waals surface area contributed by atoms with Crippen molar-refractivity contribution < 1.29 is 4.79 Å². The summed E-state index contributed by atoms with van der Waals surface area (Å²) in [4.78, 5) is 24.1.